The van der Waals surface area contributed by atoms with E-state index in [0.29, 0.717) is 12.1 Å². The summed E-state index contributed by atoms with van der Waals surface area (Å²) in [4.78, 5) is 19.1. The lowest BCUT2D eigenvalue weighted by Gasteiger charge is -2.24. The third-order valence-corrected chi connectivity index (χ3v) is 4.69. The Bertz CT molecular complexity index is 935. The van der Waals surface area contributed by atoms with Crippen LogP contribution in [-0.4, -0.2) is 41.0 Å². The maximum Gasteiger partial charge on any atom is 0.241 e. The highest BCUT2D eigenvalue weighted by atomic mass is 19.1. The molecule has 1 amide bonds. The maximum atomic E-state index is 13.5. The van der Waals surface area contributed by atoms with Crippen molar-refractivity contribution in [3.63, 3.8) is 0 Å². The number of imidazole rings is 1. The molecule has 3 rings (SSSR count). The number of aryl methyl sites for hydroxylation is 2. The lowest BCUT2D eigenvalue weighted by Crippen LogP contribution is -2.37. The average molecular weight is 368 g/mol. The minimum Gasteiger partial charge on any atom is -0.354 e. The molecule has 0 fully saturated rings. The molecule has 0 bridgehead atoms. The molecular weight excluding hydrogens is 343 g/mol. The van der Waals surface area contributed by atoms with E-state index in [0.717, 1.165) is 29.7 Å². The molecule has 6 heteroatoms. The highest BCUT2D eigenvalue weighted by molar-refractivity contribution is 5.83. The summed E-state index contributed by atoms with van der Waals surface area (Å²) >= 11 is 0. The monoisotopic (exact) mass is 368 g/mol. The zero-order chi connectivity index (χ0) is 19.4. The number of hydrogen-bond acceptors (Lipinski definition) is 3. The van der Waals surface area contributed by atoms with Crippen LogP contribution in [0.15, 0.2) is 48.5 Å². The third kappa shape index (κ3) is 4.34. The molecule has 0 radical (unpaired) electrons. The average Bonchev–Trinajstić information content (AvgIpc) is 2.95. The van der Waals surface area contributed by atoms with E-state index in [1.54, 1.807) is 17.0 Å². The number of nitrogens with one attached hydrogen (secondary N) is 1. The predicted octanol–water partition coefficient (Wildman–Crippen LogP) is 3.06. The van der Waals surface area contributed by atoms with Gasteiger partial charge in [-0.25, -0.2) is 9.37 Å². The highest BCUT2D eigenvalue weighted by Crippen LogP contribution is 2.19. The van der Waals surface area contributed by atoms with E-state index in [2.05, 4.69) is 14.9 Å². The molecule has 3 aromatic rings. The van der Waals surface area contributed by atoms with Crippen molar-refractivity contribution < 1.29 is 9.18 Å². The van der Waals surface area contributed by atoms with Crippen LogP contribution in [0.2, 0.25) is 0 Å². The Labute approximate surface area is 158 Å². The number of hydrogen-bond donors (Lipinski definition) is 1. The molecule has 1 unspecified atom stereocenters. The molecule has 27 heavy (non-hydrogen) atoms. The first kappa shape index (κ1) is 19.0. The fourth-order valence-corrected chi connectivity index (χ4v) is 3.33. The van der Waals surface area contributed by atoms with E-state index >= 15 is 0 Å². The number of carbonyl (C=O) groups excluding carboxylic acids is 1. The van der Waals surface area contributed by atoms with Crippen LogP contribution in [0.25, 0.3) is 11.0 Å². The summed E-state index contributed by atoms with van der Waals surface area (Å²) in [6.45, 7) is 0.543. The smallest absolute Gasteiger partial charge is 0.241 e. The van der Waals surface area contributed by atoms with E-state index in [1.807, 2.05) is 45.4 Å². The molecule has 0 aliphatic rings. The van der Waals surface area contributed by atoms with Crippen molar-refractivity contribution in [2.75, 3.05) is 20.6 Å². The van der Waals surface area contributed by atoms with Gasteiger partial charge in [0.2, 0.25) is 5.91 Å². The van der Waals surface area contributed by atoms with Gasteiger partial charge >= 0.3 is 0 Å². The van der Waals surface area contributed by atoms with Crippen molar-refractivity contribution in [1.82, 2.24) is 19.8 Å². The minimum atomic E-state index is -0.517. The second-order valence-corrected chi connectivity index (χ2v) is 6.89. The molecule has 0 aliphatic carbocycles. The summed E-state index contributed by atoms with van der Waals surface area (Å²) < 4.78 is 15.6. The van der Waals surface area contributed by atoms with Crippen molar-refractivity contribution in [2.45, 2.75) is 18.9 Å². The van der Waals surface area contributed by atoms with Crippen LogP contribution in [0.1, 0.15) is 23.9 Å². The third-order valence-electron chi connectivity index (χ3n) is 4.69. The van der Waals surface area contributed by atoms with Gasteiger partial charge < -0.3 is 9.88 Å². The summed E-state index contributed by atoms with van der Waals surface area (Å²) in [5.41, 5.74) is 2.74. The quantitative estimate of drug-likeness (QED) is 0.652. The number of nitrogens with zero attached hydrogens (tertiary/aromatic N) is 3. The van der Waals surface area contributed by atoms with Gasteiger partial charge in [-0.3, -0.25) is 9.69 Å². The summed E-state index contributed by atoms with van der Waals surface area (Å²) in [5.74, 6) is 0.532. The lowest BCUT2D eigenvalue weighted by molar-refractivity contribution is -0.125. The van der Waals surface area contributed by atoms with E-state index in [-0.39, 0.29) is 11.7 Å². The maximum absolute atomic E-state index is 13.5. The topological polar surface area (TPSA) is 50.2 Å². The Morgan fingerprint density at radius 3 is 2.70 bits per heavy atom. The van der Waals surface area contributed by atoms with Crippen LogP contribution in [0, 0.1) is 5.82 Å². The molecule has 1 heterocycles. The van der Waals surface area contributed by atoms with Crippen molar-refractivity contribution in [1.29, 1.82) is 0 Å². The first-order valence-electron chi connectivity index (χ1n) is 9.07. The van der Waals surface area contributed by atoms with Gasteiger partial charge in [0.25, 0.3) is 0 Å². The van der Waals surface area contributed by atoms with Crippen molar-refractivity contribution >= 4 is 16.9 Å². The van der Waals surface area contributed by atoms with E-state index in [1.165, 1.54) is 12.1 Å². The van der Waals surface area contributed by atoms with Gasteiger partial charge in [0, 0.05) is 20.0 Å². The number of aromatic nitrogens is 2. The lowest BCUT2D eigenvalue weighted by atomic mass is 10.0. The Morgan fingerprint density at radius 2 is 2.00 bits per heavy atom. The van der Waals surface area contributed by atoms with Gasteiger partial charge in [0.05, 0.1) is 11.0 Å². The molecule has 0 saturated carbocycles. The van der Waals surface area contributed by atoms with Crippen molar-refractivity contribution in [3.05, 3.63) is 65.7 Å². The molecule has 2 aromatic carbocycles. The van der Waals surface area contributed by atoms with Gasteiger partial charge in [-0.1, -0.05) is 24.3 Å². The van der Waals surface area contributed by atoms with E-state index in [9.17, 15) is 9.18 Å². The fourth-order valence-electron chi connectivity index (χ4n) is 3.33. The Balaban J connectivity index is 1.58. The Hall–Kier alpha value is -2.73. The Morgan fingerprint density at radius 1 is 1.22 bits per heavy atom. The van der Waals surface area contributed by atoms with Crippen molar-refractivity contribution in [2.24, 2.45) is 7.05 Å². The van der Waals surface area contributed by atoms with Gasteiger partial charge in [0.15, 0.2) is 0 Å². The predicted molar refractivity (Wildman–Crippen MR) is 105 cm³/mol. The van der Waals surface area contributed by atoms with Crippen LogP contribution in [-0.2, 0) is 18.3 Å². The molecule has 5 nitrogen and oxygen atoms in total. The number of rotatable bonds is 7. The van der Waals surface area contributed by atoms with Gasteiger partial charge in [-0.2, -0.15) is 0 Å². The SMILES string of the molecule is CN(C)C(C(=O)NCCCc1nc2ccccc2n1C)c1cccc(F)c1. The van der Waals surface area contributed by atoms with Crippen LogP contribution in [0.5, 0.6) is 0 Å². The van der Waals surface area contributed by atoms with Crippen LogP contribution in [0.3, 0.4) is 0 Å². The number of para-hydroxylation sites is 2. The summed E-state index contributed by atoms with van der Waals surface area (Å²) in [6.07, 6.45) is 1.56. The first-order valence-corrected chi connectivity index (χ1v) is 9.07. The second kappa shape index (κ2) is 8.31. The normalized spacial score (nSPS) is 12.5. The zero-order valence-electron chi connectivity index (χ0n) is 15.9. The van der Waals surface area contributed by atoms with Crippen LogP contribution in [0.4, 0.5) is 4.39 Å². The van der Waals surface area contributed by atoms with Crippen LogP contribution >= 0.6 is 0 Å². The number of halogens is 1. The molecule has 0 spiro atoms. The summed E-state index contributed by atoms with van der Waals surface area (Å²) in [6, 6.07) is 13.7. The van der Waals surface area contributed by atoms with Crippen molar-refractivity contribution in [3.8, 4) is 0 Å². The number of carbonyl (C=O) groups is 1. The molecule has 1 aromatic heterocycles. The van der Waals surface area contributed by atoms with Gasteiger partial charge in [0.1, 0.15) is 17.7 Å². The molecule has 0 aliphatic heterocycles. The molecular formula is C21H25FN4O. The van der Waals surface area contributed by atoms with E-state index in [4.69, 9.17) is 0 Å². The first-order chi connectivity index (χ1) is 13.0. The molecule has 1 atom stereocenters. The van der Waals surface area contributed by atoms with Crippen LogP contribution < -0.4 is 5.32 Å². The second-order valence-electron chi connectivity index (χ2n) is 6.89. The Kier molecular flexibility index (Phi) is 5.86. The molecule has 1 N–H and O–H groups in total. The summed E-state index contributed by atoms with van der Waals surface area (Å²) in [5, 5.41) is 2.97. The molecule has 0 saturated heterocycles. The van der Waals surface area contributed by atoms with Gasteiger partial charge in [-0.15, -0.1) is 0 Å². The number of benzene rings is 2. The van der Waals surface area contributed by atoms with Gasteiger partial charge in [-0.05, 0) is 50.3 Å². The summed E-state index contributed by atoms with van der Waals surface area (Å²) in [7, 11) is 5.64. The van der Waals surface area contributed by atoms with E-state index < -0.39 is 6.04 Å². The largest absolute Gasteiger partial charge is 0.354 e. The number of fused-ring (bicyclic) bond motifs is 1. The standard InChI is InChI=1S/C21H25FN4O/c1-25(2)20(15-8-6-9-16(22)14-15)21(27)23-13-7-12-19-24-17-10-4-5-11-18(17)26(19)3/h4-6,8-11,14,20H,7,12-13H2,1-3H3,(H,23,27). The highest BCUT2D eigenvalue weighted by Gasteiger charge is 2.22. The molecule has 142 valence electrons. The number of amides is 1. The fraction of sp³-hybridized carbons (Fsp3) is 0.333. The minimum absolute atomic E-state index is 0.129. The number of likely N-dealkylation sites (N-methyl/N-ethyl adjacent to an activating group) is 1. The zero-order valence-corrected chi connectivity index (χ0v) is 15.9.